The first-order chi connectivity index (χ1) is 15.7. The van der Waals surface area contributed by atoms with Crippen LogP contribution in [-0.2, 0) is 25.1 Å². The van der Waals surface area contributed by atoms with E-state index in [-0.39, 0.29) is 5.56 Å². The highest BCUT2D eigenvalue weighted by Gasteiger charge is 2.11. The SMILES string of the molecule is COc1cc(Cc2cn(CCc3ccccc3)c(SCc3ccccc3)nc2=O)ccn1. The van der Waals surface area contributed by atoms with Crippen molar-refractivity contribution in [2.24, 2.45) is 0 Å². The van der Waals surface area contributed by atoms with Crippen LogP contribution in [0, 0.1) is 0 Å². The lowest BCUT2D eigenvalue weighted by atomic mass is 10.1. The fraction of sp³-hybridized carbons (Fsp3) is 0.192. The van der Waals surface area contributed by atoms with Gasteiger partial charge < -0.3 is 9.30 Å². The van der Waals surface area contributed by atoms with E-state index >= 15 is 0 Å². The Balaban J connectivity index is 1.60. The first kappa shape index (κ1) is 21.8. The Labute approximate surface area is 192 Å². The molecule has 0 atom stereocenters. The van der Waals surface area contributed by atoms with Crippen LogP contribution in [0.2, 0.25) is 0 Å². The number of hydrogen-bond acceptors (Lipinski definition) is 5. The summed E-state index contributed by atoms with van der Waals surface area (Å²) in [5.74, 6) is 1.30. The topological polar surface area (TPSA) is 57.0 Å². The molecule has 0 fully saturated rings. The minimum Gasteiger partial charge on any atom is -0.481 e. The molecule has 0 aliphatic carbocycles. The van der Waals surface area contributed by atoms with E-state index in [1.54, 1.807) is 25.1 Å². The molecule has 4 aromatic rings. The molecular weight excluding hydrogens is 418 g/mol. The summed E-state index contributed by atoms with van der Waals surface area (Å²) < 4.78 is 7.32. The van der Waals surface area contributed by atoms with Gasteiger partial charge in [0.1, 0.15) is 0 Å². The highest BCUT2D eigenvalue weighted by atomic mass is 32.2. The van der Waals surface area contributed by atoms with Crippen molar-refractivity contribution in [2.75, 3.05) is 7.11 Å². The number of pyridine rings is 1. The third-order valence-electron chi connectivity index (χ3n) is 5.13. The molecule has 0 bridgehead atoms. The van der Waals surface area contributed by atoms with E-state index in [0.29, 0.717) is 17.9 Å². The molecule has 0 N–H and O–H groups in total. The molecule has 162 valence electrons. The number of thioether (sulfide) groups is 1. The van der Waals surface area contributed by atoms with Crippen molar-refractivity contribution in [1.29, 1.82) is 0 Å². The first-order valence-electron chi connectivity index (χ1n) is 10.5. The van der Waals surface area contributed by atoms with Gasteiger partial charge in [0.2, 0.25) is 5.88 Å². The van der Waals surface area contributed by atoms with Crippen LogP contribution in [0.25, 0.3) is 0 Å². The second kappa shape index (κ2) is 10.8. The lowest BCUT2D eigenvalue weighted by molar-refractivity contribution is 0.397. The molecule has 0 saturated carbocycles. The summed E-state index contributed by atoms with van der Waals surface area (Å²) in [4.78, 5) is 21.5. The van der Waals surface area contributed by atoms with Crippen LogP contribution in [0.1, 0.15) is 22.3 Å². The Morgan fingerprint density at radius 1 is 0.938 bits per heavy atom. The second-order valence-electron chi connectivity index (χ2n) is 7.44. The largest absolute Gasteiger partial charge is 0.481 e. The maximum atomic E-state index is 12.9. The highest BCUT2D eigenvalue weighted by Crippen LogP contribution is 2.21. The standard InChI is InChI=1S/C26H25N3O2S/c1-31-24-17-22(12-14-27-24)16-23-18-29(15-13-20-8-4-2-5-9-20)26(28-25(23)30)32-19-21-10-6-3-7-11-21/h2-12,14,17-18H,13,15-16,19H2,1H3. The van der Waals surface area contributed by atoms with Gasteiger partial charge in [0.25, 0.3) is 5.56 Å². The zero-order valence-corrected chi connectivity index (χ0v) is 18.8. The van der Waals surface area contributed by atoms with Crippen LogP contribution in [-0.4, -0.2) is 21.6 Å². The third-order valence-corrected chi connectivity index (χ3v) is 6.19. The van der Waals surface area contributed by atoms with Crippen molar-refractivity contribution >= 4 is 11.8 Å². The summed E-state index contributed by atoms with van der Waals surface area (Å²) in [6, 6.07) is 24.3. The lowest BCUT2D eigenvalue weighted by Crippen LogP contribution is -2.20. The van der Waals surface area contributed by atoms with Gasteiger partial charge in [-0.2, -0.15) is 4.98 Å². The quantitative estimate of drug-likeness (QED) is 0.275. The summed E-state index contributed by atoms with van der Waals surface area (Å²) in [7, 11) is 1.59. The van der Waals surface area contributed by atoms with E-state index in [1.165, 1.54) is 11.1 Å². The monoisotopic (exact) mass is 443 g/mol. The summed E-state index contributed by atoms with van der Waals surface area (Å²) in [6.07, 6.45) is 5.00. The number of ether oxygens (including phenoxy) is 1. The molecule has 32 heavy (non-hydrogen) atoms. The maximum absolute atomic E-state index is 12.9. The highest BCUT2D eigenvalue weighted by molar-refractivity contribution is 7.98. The molecule has 2 aromatic carbocycles. The zero-order valence-electron chi connectivity index (χ0n) is 18.0. The number of aryl methyl sites for hydroxylation is 2. The Morgan fingerprint density at radius 2 is 1.66 bits per heavy atom. The van der Waals surface area contributed by atoms with E-state index in [9.17, 15) is 4.79 Å². The zero-order chi connectivity index (χ0) is 22.2. The van der Waals surface area contributed by atoms with Crippen LogP contribution < -0.4 is 10.3 Å². The molecule has 6 heteroatoms. The van der Waals surface area contributed by atoms with Crippen molar-refractivity contribution in [3.05, 3.63) is 118 Å². The average Bonchev–Trinajstić information content (AvgIpc) is 2.84. The molecule has 2 aromatic heterocycles. The first-order valence-corrected chi connectivity index (χ1v) is 11.5. The number of aromatic nitrogens is 3. The molecule has 0 spiro atoms. The Morgan fingerprint density at radius 3 is 2.38 bits per heavy atom. The van der Waals surface area contributed by atoms with Gasteiger partial charge >= 0.3 is 0 Å². The molecule has 0 aliphatic heterocycles. The molecule has 0 radical (unpaired) electrons. The predicted molar refractivity (Wildman–Crippen MR) is 128 cm³/mol. The van der Waals surface area contributed by atoms with E-state index in [2.05, 4.69) is 38.8 Å². The van der Waals surface area contributed by atoms with Crippen LogP contribution in [0.3, 0.4) is 0 Å². The number of benzene rings is 2. The minimum absolute atomic E-state index is 0.188. The molecular formula is C26H25N3O2S. The van der Waals surface area contributed by atoms with E-state index in [4.69, 9.17) is 4.74 Å². The van der Waals surface area contributed by atoms with Gasteiger partial charge in [0.15, 0.2) is 5.16 Å². The number of rotatable bonds is 9. The summed E-state index contributed by atoms with van der Waals surface area (Å²) in [5.41, 5.74) is 3.90. The molecule has 5 nitrogen and oxygen atoms in total. The van der Waals surface area contributed by atoms with Crippen molar-refractivity contribution in [1.82, 2.24) is 14.5 Å². The van der Waals surface area contributed by atoms with E-state index < -0.39 is 0 Å². The third kappa shape index (κ3) is 5.86. The number of hydrogen-bond donors (Lipinski definition) is 0. The summed E-state index contributed by atoms with van der Waals surface area (Å²) >= 11 is 1.59. The van der Waals surface area contributed by atoms with Crippen molar-refractivity contribution in [3.63, 3.8) is 0 Å². The van der Waals surface area contributed by atoms with Crippen LogP contribution >= 0.6 is 11.8 Å². The van der Waals surface area contributed by atoms with Crippen molar-refractivity contribution in [3.8, 4) is 5.88 Å². The van der Waals surface area contributed by atoms with Gasteiger partial charge in [-0.15, -0.1) is 0 Å². The normalized spacial score (nSPS) is 10.8. The van der Waals surface area contributed by atoms with Gasteiger partial charge in [0, 0.05) is 42.7 Å². The molecule has 0 aliphatic rings. The molecule has 0 saturated heterocycles. The average molecular weight is 444 g/mol. The smallest absolute Gasteiger partial charge is 0.277 e. The van der Waals surface area contributed by atoms with Gasteiger partial charge in [-0.05, 0) is 29.2 Å². The molecule has 0 amide bonds. The molecule has 4 rings (SSSR count). The maximum Gasteiger partial charge on any atom is 0.277 e. The van der Waals surface area contributed by atoms with Crippen molar-refractivity contribution < 1.29 is 4.74 Å². The van der Waals surface area contributed by atoms with E-state index in [0.717, 1.165) is 29.4 Å². The van der Waals surface area contributed by atoms with E-state index in [1.807, 2.05) is 54.7 Å². The number of methoxy groups -OCH3 is 1. The lowest BCUT2D eigenvalue weighted by Gasteiger charge is -2.14. The Bertz CT molecular complexity index is 1210. The Hall–Kier alpha value is -3.38. The summed E-state index contributed by atoms with van der Waals surface area (Å²) in [6.45, 7) is 0.751. The minimum atomic E-state index is -0.188. The Kier molecular flexibility index (Phi) is 7.35. The summed E-state index contributed by atoms with van der Waals surface area (Å²) in [5, 5.41) is 0.742. The van der Waals surface area contributed by atoms with Gasteiger partial charge in [0.05, 0.1) is 7.11 Å². The predicted octanol–water partition coefficient (Wildman–Crippen LogP) is 4.77. The van der Waals surface area contributed by atoms with Gasteiger partial charge in [-0.25, -0.2) is 4.98 Å². The van der Waals surface area contributed by atoms with Crippen LogP contribution in [0.5, 0.6) is 5.88 Å². The molecule has 2 heterocycles. The molecule has 0 unspecified atom stereocenters. The van der Waals surface area contributed by atoms with Gasteiger partial charge in [-0.1, -0.05) is 72.4 Å². The van der Waals surface area contributed by atoms with Crippen LogP contribution in [0.15, 0.2) is 95.1 Å². The number of nitrogens with zero attached hydrogens (tertiary/aromatic N) is 3. The fourth-order valence-corrected chi connectivity index (χ4v) is 4.37. The second-order valence-corrected chi connectivity index (χ2v) is 8.38. The van der Waals surface area contributed by atoms with Crippen molar-refractivity contribution in [2.45, 2.75) is 30.3 Å². The fourth-order valence-electron chi connectivity index (χ4n) is 3.43. The van der Waals surface area contributed by atoms with Gasteiger partial charge in [-0.3, -0.25) is 4.79 Å². The van der Waals surface area contributed by atoms with Crippen LogP contribution in [0.4, 0.5) is 0 Å².